The van der Waals surface area contributed by atoms with E-state index in [2.05, 4.69) is 15.1 Å². The first-order chi connectivity index (χ1) is 12.7. The Morgan fingerprint density at radius 1 is 1.12 bits per heavy atom. The fourth-order valence-corrected chi connectivity index (χ4v) is 2.74. The van der Waals surface area contributed by atoms with E-state index in [-0.39, 0.29) is 18.3 Å². The first-order valence-corrected chi connectivity index (χ1v) is 8.12. The quantitative estimate of drug-likeness (QED) is 0.653. The molecule has 0 unspecified atom stereocenters. The topological polar surface area (TPSA) is 110 Å². The van der Waals surface area contributed by atoms with E-state index in [9.17, 15) is 9.59 Å². The molecule has 0 aliphatic carbocycles. The molecule has 0 bridgehead atoms. The molecule has 0 aromatic carbocycles. The molecule has 0 spiro atoms. The van der Waals surface area contributed by atoms with Gasteiger partial charge in [0.05, 0.1) is 6.26 Å². The second-order valence-electron chi connectivity index (χ2n) is 5.72. The van der Waals surface area contributed by atoms with Gasteiger partial charge in [-0.3, -0.25) is 4.79 Å². The minimum Gasteiger partial charge on any atom is -0.459 e. The molecule has 26 heavy (non-hydrogen) atoms. The minimum absolute atomic E-state index is 0.0545. The number of hydrogen-bond acceptors (Lipinski definition) is 8. The number of rotatable bonds is 4. The summed E-state index contributed by atoms with van der Waals surface area (Å²) in [6, 6.07) is 5.05. The molecular formula is C16H16N6O4. The van der Waals surface area contributed by atoms with Crippen LogP contribution in [-0.4, -0.2) is 56.7 Å². The highest BCUT2D eigenvalue weighted by atomic mass is 16.4. The Hall–Kier alpha value is -3.43. The van der Waals surface area contributed by atoms with Crippen LogP contribution in [0.3, 0.4) is 0 Å². The van der Waals surface area contributed by atoms with Crippen molar-refractivity contribution in [1.82, 2.24) is 24.6 Å². The standard InChI is InChI=1S/C16H16N6O4/c23-13(11-22-16(24)26-14(19-22)12-3-1-10-25-12)20-6-8-21(9-7-20)15-17-4-2-5-18-15/h1-5,10H,6-9,11H2. The summed E-state index contributed by atoms with van der Waals surface area (Å²) in [5, 5.41) is 4.02. The van der Waals surface area contributed by atoms with E-state index in [1.807, 2.05) is 4.90 Å². The van der Waals surface area contributed by atoms with Crippen LogP contribution in [0.2, 0.25) is 0 Å². The summed E-state index contributed by atoms with van der Waals surface area (Å²) < 4.78 is 11.2. The first-order valence-electron chi connectivity index (χ1n) is 8.12. The Morgan fingerprint density at radius 2 is 1.88 bits per heavy atom. The number of aromatic nitrogens is 4. The van der Waals surface area contributed by atoms with Crippen LogP contribution in [0.4, 0.5) is 5.95 Å². The largest absolute Gasteiger partial charge is 0.459 e. The van der Waals surface area contributed by atoms with Crippen LogP contribution in [0, 0.1) is 0 Å². The zero-order valence-electron chi connectivity index (χ0n) is 13.8. The van der Waals surface area contributed by atoms with Crippen molar-refractivity contribution >= 4 is 11.9 Å². The summed E-state index contributed by atoms with van der Waals surface area (Å²) in [6.07, 6.45) is 4.83. The molecule has 1 amide bonds. The second-order valence-corrected chi connectivity index (χ2v) is 5.72. The zero-order chi connectivity index (χ0) is 17.9. The maximum absolute atomic E-state index is 12.5. The summed E-state index contributed by atoms with van der Waals surface area (Å²) in [6.45, 7) is 2.12. The normalized spacial score (nSPS) is 14.6. The number of carbonyl (C=O) groups is 1. The molecule has 0 N–H and O–H groups in total. The summed E-state index contributed by atoms with van der Waals surface area (Å²) in [7, 11) is 0. The van der Waals surface area contributed by atoms with E-state index in [1.165, 1.54) is 6.26 Å². The van der Waals surface area contributed by atoms with Gasteiger partial charge < -0.3 is 18.6 Å². The second kappa shape index (κ2) is 6.82. The summed E-state index contributed by atoms with van der Waals surface area (Å²) in [4.78, 5) is 36.5. The third-order valence-corrected chi connectivity index (χ3v) is 4.09. The number of amides is 1. The van der Waals surface area contributed by atoms with E-state index in [1.54, 1.807) is 35.5 Å². The monoisotopic (exact) mass is 356 g/mol. The Balaban J connectivity index is 1.38. The fourth-order valence-electron chi connectivity index (χ4n) is 2.74. The van der Waals surface area contributed by atoms with Crippen LogP contribution in [0.5, 0.6) is 0 Å². The Kier molecular flexibility index (Phi) is 4.22. The highest BCUT2D eigenvalue weighted by molar-refractivity contribution is 5.76. The van der Waals surface area contributed by atoms with Crippen LogP contribution in [0.1, 0.15) is 0 Å². The predicted molar refractivity (Wildman–Crippen MR) is 89.3 cm³/mol. The van der Waals surface area contributed by atoms with Crippen molar-refractivity contribution in [3.63, 3.8) is 0 Å². The highest BCUT2D eigenvalue weighted by Crippen LogP contribution is 2.15. The molecule has 1 fully saturated rings. The molecule has 10 nitrogen and oxygen atoms in total. The van der Waals surface area contributed by atoms with Gasteiger partial charge >= 0.3 is 5.76 Å². The molecule has 0 radical (unpaired) electrons. The van der Waals surface area contributed by atoms with Gasteiger partial charge in [0, 0.05) is 38.6 Å². The van der Waals surface area contributed by atoms with Gasteiger partial charge in [0.2, 0.25) is 11.9 Å². The van der Waals surface area contributed by atoms with Crippen molar-refractivity contribution in [3.05, 3.63) is 47.4 Å². The summed E-state index contributed by atoms with van der Waals surface area (Å²) in [5.74, 6) is 0.153. The fraction of sp³-hybridized carbons (Fsp3) is 0.312. The van der Waals surface area contributed by atoms with Gasteiger partial charge in [-0.05, 0) is 18.2 Å². The van der Waals surface area contributed by atoms with Crippen molar-refractivity contribution in [2.45, 2.75) is 6.54 Å². The lowest BCUT2D eigenvalue weighted by atomic mass is 10.3. The van der Waals surface area contributed by atoms with Crippen LogP contribution >= 0.6 is 0 Å². The molecule has 134 valence electrons. The van der Waals surface area contributed by atoms with Gasteiger partial charge in [-0.15, -0.1) is 5.10 Å². The number of furan rings is 1. The third kappa shape index (κ3) is 3.21. The number of piperazine rings is 1. The van der Waals surface area contributed by atoms with Gasteiger partial charge in [-0.2, -0.15) is 4.68 Å². The van der Waals surface area contributed by atoms with E-state index < -0.39 is 5.76 Å². The van der Waals surface area contributed by atoms with Crippen molar-refractivity contribution in [1.29, 1.82) is 0 Å². The van der Waals surface area contributed by atoms with E-state index in [0.717, 1.165) is 4.68 Å². The van der Waals surface area contributed by atoms with Crippen molar-refractivity contribution in [2.24, 2.45) is 0 Å². The van der Waals surface area contributed by atoms with Crippen molar-refractivity contribution in [3.8, 4) is 11.7 Å². The maximum atomic E-state index is 12.5. The molecule has 3 aromatic heterocycles. The molecular weight excluding hydrogens is 340 g/mol. The maximum Gasteiger partial charge on any atom is 0.437 e. The molecule has 3 aromatic rings. The van der Waals surface area contributed by atoms with Gasteiger partial charge in [0.1, 0.15) is 6.54 Å². The highest BCUT2D eigenvalue weighted by Gasteiger charge is 2.24. The lowest BCUT2D eigenvalue weighted by molar-refractivity contribution is -0.132. The molecule has 1 aliphatic heterocycles. The van der Waals surface area contributed by atoms with Crippen molar-refractivity contribution in [2.75, 3.05) is 31.1 Å². The van der Waals surface area contributed by atoms with Gasteiger partial charge in [0.15, 0.2) is 5.76 Å². The molecule has 4 heterocycles. The lowest BCUT2D eigenvalue weighted by Crippen LogP contribution is -2.50. The molecule has 1 aliphatic rings. The summed E-state index contributed by atoms with van der Waals surface area (Å²) in [5.41, 5.74) is 0. The SMILES string of the molecule is O=C(Cn1nc(-c2ccco2)oc1=O)N1CCN(c2ncccn2)CC1. The number of anilines is 1. The minimum atomic E-state index is -0.693. The first kappa shape index (κ1) is 16.1. The molecule has 10 heteroatoms. The number of hydrogen-bond donors (Lipinski definition) is 0. The smallest absolute Gasteiger partial charge is 0.437 e. The molecule has 0 atom stereocenters. The third-order valence-electron chi connectivity index (χ3n) is 4.09. The molecule has 4 rings (SSSR count). The van der Waals surface area contributed by atoms with Crippen LogP contribution in [0.25, 0.3) is 11.7 Å². The van der Waals surface area contributed by atoms with Crippen LogP contribution < -0.4 is 10.7 Å². The van der Waals surface area contributed by atoms with Gasteiger partial charge in [-0.25, -0.2) is 14.8 Å². The van der Waals surface area contributed by atoms with Crippen molar-refractivity contribution < 1.29 is 13.6 Å². The number of carbonyl (C=O) groups excluding carboxylic acids is 1. The average Bonchev–Trinajstić information content (AvgIpc) is 3.33. The average molecular weight is 356 g/mol. The Morgan fingerprint density at radius 3 is 2.58 bits per heavy atom. The Labute approximate surface area is 147 Å². The zero-order valence-corrected chi connectivity index (χ0v) is 13.8. The summed E-state index contributed by atoms with van der Waals surface area (Å²) >= 11 is 0. The van der Waals surface area contributed by atoms with Crippen LogP contribution in [0.15, 0.2) is 50.5 Å². The molecule has 1 saturated heterocycles. The van der Waals surface area contributed by atoms with E-state index >= 15 is 0 Å². The van der Waals surface area contributed by atoms with Gasteiger partial charge in [-0.1, -0.05) is 0 Å². The van der Waals surface area contributed by atoms with Crippen LogP contribution in [-0.2, 0) is 11.3 Å². The Bertz CT molecular complexity index is 925. The number of nitrogens with zero attached hydrogens (tertiary/aromatic N) is 6. The lowest BCUT2D eigenvalue weighted by Gasteiger charge is -2.34. The van der Waals surface area contributed by atoms with E-state index in [4.69, 9.17) is 8.83 Å². The van der Waals surface area contributed by atoms with Gasteiger partial charge in [0.25, 0.3) is 5.89 Å². The predicted octanol–water partition coefficient (Wildman–Crippen LogP) is 0.235. The van der Waals surface area contributed by atoms with E-state index in [0.29, 0.717) is 37.9 Å². The molecule has 0 saturated carbocycles.